The van der Waals surface area contributed by atoms with Gasteiger partial charge in [0.1, 0.15) is 24.9 Å². The molecule has 9 nitrogen and oxygen atoms in total. The minimum Gasteiger partial charge on any atom is -0.505 e. The molecule has 5 N–H and O–H groups in total. The number of carbonyl (C=O) groups excluding carboxylic acids is 2. The maximum absolute atomic E-state index is 12.1. The monoisotopic (exact) mass is 432 g/mol. The van der Waals surface area contributed by atoms with Gasteiger partial charge in [0, 0.05) is 6.42 Å². The van der Waals surface area contributed by atoms with Crippen molar-refractivity contribution in [2.75, 3.05) is 13.2 Å². The molecule has 1 rings (SSSR count). The first-order chi connectivity index (χ1) is 14.3. The van der Waals surface area contributed by atoms with Crippen molar-refractivity contribution in [2.45, 2.75) is 95.5 Å². The van der Waals surface area contributed by atoms with E-state index in [-0.39, 0.29) is 6.42 Å². The molecule has 0 radical (unpaired) electrons. The standard InChI is InChI=1S/C21H36O9/c1-2-3-4-5-6-7-8-9-10-11-15(24)16(25)17(26)19-18(27)20(21(28)30-19)29-13-14(23)12-22/h14,16-17,19,22-23,25-27H,2-13H2,1H3/t14?,16?,17-,19+/m0/s1. The molecule has 0 bridgehead atoms. The summed E-state index contributed by atoms with van der Waals surface area (Å²) in [5.41, 5.74) is 0. The second kappa shape index (κ2) is 14.3. The number of carbonyl (C=O) groups is 2. The molecule has 0 spiro atoms. The van der Waals surface area contributed by atoms with E-state index in [1.807, 2.05) is 0 Å². The Morgan fingerprint density at radius 2 is 1.60 bits per heavy atom. The van der Waals surface area contributed by atoms with Crippen molar-refractivity contribution in [3.8, 4) is 0 Å². The van der Waals surface area contributed by atoms with E-state index in [1.165, 1.54) is 32.1 Å². The maximum Gasteiger partial charge on any atom is 0.378 e. The third kappa shape index (κ3) is 8.59. The Labute approximate surface area is 177 Å². The quantitative estimate of drug-likeness (QED) is 0.169. The van der Waals surface area contributed by atoms with Gasteiger partial charge in [-0.2, -0.15) is 0 Å². The third-order valence-corrected chi connectivity index (χ3v) is 5.04. The molecule has 4 atom stereocenters. The molecule has 0 saturated heterocycles. The Morgan fingerprint density at radius 3 is 2.17 bits per heavy atom. The molecule has 0 aromatic rings. The first kappa shape index (κ1) is 26.4. The largest absolute Gasteiger partial charge is 0.505 e. The summed E-state index contributed by atoms with van der Waals surface area (Å²) in [5.74, 6) is -3.10. The number of aliphatic hydroxyl groups is 5. The second-order valence-corrected chi connectivity index (χ2v) is 7.67. The van der Waals surface area contributed by atoms with Gasteiger partial charge in [0.05, 0.1) is 6.61 Å². The van der Waals surface area contributed by atoms with Gasteiger partial charge in [-0.05, 0) is 6.42 Å². The minimum absolute atomic E-state index is 0.0747. The van der Waals surface area contributed by atoms with Crippen LogP contribution in [-0.2, 0) is 19.1 Å². The summed E-state index contributed by atoms with van der Waals surface area (Å²) < 4.78 is 9.69. The van der Waals surface area contributed by atoms with E-state index in [1.54, 1.807) is 0 Å². The highest BCUT2D eigenvalue weighted by molar-refractivity contribution is 5.90. The fourth-order valence-corrected chi connectivity index (χ4v) is 3.17. The van der Waals surface area contributed by atoms with E-state index in [0.717, 1.165) is 19.3 Å². The van der Waals surface area contributed by atoms with Crippen LogP contribution in [0.1, 0.15) is 71.1 Å². The van der Waals surface area contributed by atoms with E-state index in [0.29, 0.717) is 6.42 Å². The van der Waals surface area contributed by atoms with Gasteiger partial charge in [-0.25, -0.2) is 4.79 Å². The summed E-state index contributed by atoms with van der Waals surface area (Å²) in [6.07, 6.45) is 3.15. The highest BCUT2D eigenvalue weighted by Crippen LogP contribution is 2.26. The summed E-state index contributed by atoms with van der Waals surface area (Å²) in [7, 11) is 0. The summed E-state index contributed by atoms with van der Waals surface area (Å²) >= 11 is 0. The van der Waals surface area contributed by atoms with Crippen molar-refractivity contribution in [3.05, 3.63) is 11.5 Å². The SMILES string of the molecule is CCCCCCCCCCCC(=O)C(O)[C@H](O)[C@H]1OC(=O)C(OCC(O)CO)=C1O. The molecule has 1 aliphatic rings. The van der Waals surface area contributed by atoms with E-state index < -0.39 is 60.9 Å². The summed E-state index contributed by atoms with van der Waals surface area (Å²) in [4.78, 5) is 23.9. The third-order valence-electron chi connectivity index (χ3n) is 5.04. The highest BCUT2D eigenvalue weighted by Gasteiger charge is 2.44. The van der Waals surface area contributed by atoms with Crippen molar-refractivity contribution in [2.24, 2.45) is 0 Å². The average molecular weight is 433 g/mol. The second-order valence-electron chi connectivity index (χ2n) is 7.67. The van der Waals surface area contributed by atoms with Crippen LogP contribution in [0.25, 0.3) is 0 Å². The van der Waals surface area contributed by atoms with Crippen molar-refractivity contribution >= 4 is 11.8 Å². The molecule has 0 aromatic heterocycles. The number of aliphatic hydroxyl groups excluding tert-OH is 5. The van der Waals surface area contributed by atoms with Crippen molar-refractivity contribution < 1.29 is 44.6 Å². The molecule has 0 amide bonds. The summed E-state index contributed by atoms with van der Waals surface area (Å²) in [5, 5.41) is 48.3. The molecule has 0 saturated carbocycles. The van der Waals surface area contributed by atoms with Crippen molar-refractivity contribution in [3.63, 3.8) is 0 Å². The zero-order valence-corrected chi connectivity index (χ0v) is 17.7. The van der Waals surface area contributed by atoms with Gasteiger partial charge in [0.25, 0.3) is 0 Å². The Morgan fingerprint density at radius 1 is 1.03 bits per heavy atom. The number of unbranched alkanes of at least 4 members (excludes halogenated alkanes) is 8. The van der Waals surface area contributed by atoms with Gasteiger partial charge < -0.3 is 35.0 Å². The van der Waals surface area contributed by atoms with Gasteiger partial charge in [0.2, 0.25) is 5.76 Å². The predicted molar refractivity (Wildman–Crippen MR) is 107 cm³/mol. The summed E-state index contributed by atoms with van der Waals surface area (Å²) in [6.45, 7) is 1.09. The van der Waals surface area contributed by atoms with Crippen LogP contribution < -0.4 is 0 Å². The number of hydrogen-bond donors (Lipinski definition) is 5. The number of esters is 1. The van der Waals surface area contributed by atoms with Gasteiger partial charge >= 0.3 is 5.97 Å². The fraction of sp³-hybridized carbons (Fsp3) is 0.810. The zero-order valence-electron chi connectivity index (χ0n) is 17.7. The molecule has 1 heterocycles. The minimum atomic E-state index is -1.84. The van der Waals surface area contributed by atoms with E-state index in [4.69, 9.17) is 14.6 Å². The van der Waals surface area contributed by atoms with Crippen LogP contribution in [0.5, 0.6) is 0 Å². The van der Waals surface area contributed by atoms with E-state index in [9.17, 15) is 30.0 Å². The molecule has 1 aliphatic heterocycles. The molecule has 0 aliphatic carbocycles. The normalized spacial score (nSPS) is 19.5. The van der Waals surface area contributed by atoms with Gasteiger partial charge in [-0.3, -0.25) is 4.79 Å². The Kier molecular flexibility index (Phi) is 12.6. The van der Waals surface area contributed by atoms with Gasteiger partial charge in [0.15, 0.2) is 17.6 Å². The lowest BCUT2D eigenvalue weighted by Crippen LogP contribution is -2.43. The number of hydrogen-bond acceptors (Lipinski definition) is 9. The Hall–Kier alpha value is -1.68. The van der Waals surface area contributed by atoms with Crippen LogP contribution in [0.2, 0.25) is 0 Å². The lowest BCUT2D eigenvalue weighted by atomic mass is 9.98. The Bertz CT molecular complexity index is 561. The number of Topliss-reactive ketones (excluding diaryl/α,β-unsaturated/α-hetero) is 1. The number of ketones is 1. The first-order valence-corrected chi connectivity index (χ1v) is 10.8. The van der Waals surface area contributed by atoms with Crippen molar-refractivity contribution in [1.29, 1.82) is 0 Å². The lowest BCUT2D eigenvalue weighted by Gasteiger charge is -2.21. The molecule has 0 fully saturated rings. The number of cyclic esters (lactones) is 1. The topological polar surface area (TPSA) is 154 Å². The Balaban J connectivity index is 2.38. The molecule has 0 aromatic carbocycles. The van der Waals surface area contributed by atoms with Crippen LogP contribution in [0.3, 0.4) is 0 Å². The summed E-state index contributed by atoms with van der Waals surface area (Å²) in [6, 6.07) is 0. The van der Waals surface area contributed by atoms with Gasteiger partial charge in [-0.15, -0.1) is 0 Å². The number of rotatable bonds is 17. The predicted octanol–water partition coefficient (Wildman–Crippen LogP) is 1.26. The van der Waals surface area contributed by atoms with Crippen LogP contribution >= 0.6 is 0 Å². The van der Waals surface area contributed by atoms with E-state index >= 15 is 0 Å². The molecule has 174 valence electrons. The fourth-order valence-electron chi connectivity index (χ4n) is 3.17. The average Bonchev–Trinajstić information content (AvgIpc) is 3.02. The smallest absolute Gasteiger partial charge is 0.378 e. The van der Waals surface area contributed by atoms with Crippen LogP contribution in [0.4, 0.5) is 0 Å². The van der Waals surface area contributed by atoms with Crippen molar-refractivity contribution in [1.82, 2.24) is 0 Å². The van der Waals surface area contributed by atoms with Crippen LogP contribution in [0, 0.1) is 0 Å². The van der Waals surface area contributed by atoms with Gasteiger partial charge in [-0.1, -0.05) is 58.3 Å². The molecule has 2 unspecified atom stereocenters. The van der Waals surface area contributed by atoms with Crippen LogP contribution in [0.15, 0.2) is 11.5 Å². The highest BCUT2D eigenvalue weighted by atomic mass is 16.6. The molecule has 9 heteroatoms. The first-order valence-electron chi connectivity index (χ1n) is 10.8. The maximum atomic E-state index is 12.1. The number of ether oxygens (including phenoxy) is 2. The van der Waals surface area contributed by atoms with E-state index in [2.05, 4.69) is 6.92 Å². The molecule has 30 heavy (non-hydrogen) atoms. The van der Waals surface area contributed by atoms with Crippen LogP contribution in [-0.4, -0.2) is 74.9 Å². The molecular weight excluding hydrogens is 396 g/mol. The molecular formula is C21H36O9. The zero-order chi connectivity index (χ0) is 22.5. The lowest BCUT2D eigenvalue weighted by molar-refractivity contribution is -0.155.